The first-order valence-corrected chi connectivity index (χ1v) is 9.57. The van der Waals surface area contributed by atoms with Crippen molar-refractivity contribution in [3.05, 3.63) is 31.3 Å². The minimum Gasteiger partial charge on any atom is -0.376 e. The van der Waals surface area contributed by atoms with Crippen LogP contribution in [-0.2, 0) is 17.8 Å². The first-order chi connectivity index (χ1) is 12.0. The molecule has 7 nitrogen and oxygen atoms in total. The smallest absolute Gasteiger partial charge is 0.332 e. The Kier molecular flexibility index (Phi) is 5.43. The van der Waals surface area contributed by atoms with E-state index in [-0.39, 0.29) is 23.4 Å². The maximum atomic E-state index is 13.0. The van der Waals surface area contributed by atoms with Crippen LogP contribution in [0.15, 0.2) is 9.59 Å². The Bertz CT molecular complexity index is 877. The molecule has 1 atom stereocenters. The van der Waals surface area contributed by atoms with Gasteiger partial charge in [0.15, 0.2) is 0 Å². The molecule has 0 bridgehead atoms. The van der Waals surface area contributed by atoms with Crippen LogP contribution in [-0.4, -0.2) is 34.9 Å². The summed E-state index contributed by atoms with van der Waals surface area (Å²) >= 11 is 1.52. The van der Waals surface area contributed by atoms with E-state index in [9.17, 15) is 9.59 Å². The van der Waals surface area contributed by atoms with Crippen LogP contribution in [0.4, 0.5) is 0 Å². The summed E-state index contributed by atoms with van der Waals surface area (Å²) in [6.45, 7) is 8.85. The van der Waals surface area contributed by atoms with E-state index in [4.69, 9.17) is 10.5 Å². The van der Waals surface area contributed by atoms with E-state index in [2.05, 4.69) is 5.32 Å². The monoisotopic (exact) mass is 366 g/mol. The molecule has 2 aromatic heterocycles. The quantitative estimate of drug-likeness (QED) is 0.712. The number of fused-ring (bicyclic) bond motifs is 1. The predicted octanol–water partition coefficient (Wildman–Crippen LogP) is 0.951. The van der Waals surface area contributed by atoms with Crippen LogP contribution in [0.1, 0.15) is 36.8 Å². The van der Waals surface area contributed by atoms with E-state index in [1.165, 1.54) is 15.9 Å². The van der Waals surface area contributed by atoms with Gasteiger partial charge in [-0.1, -0.05) is 0 Å². The van der Waals surface area contributed by atoms with E-state index in [1.54, 1.807) is 4.57 Å². The minimum absolute atomic E-state index is 0.0558. The highest BCUT2D eigenvalue weighted by molar-refractivity contribution is 7.18. The van der Waals surface area contributed by atoms with Crippen molar-refractivity contribution in [1.82, 2.24) is 14.5 Å². The van der Waals surface area contributed by atoms with Gasteiger partial charge in [-0.15, -0.1) is 11.3 Å². The number of ether oxygens (including phenoxy) is 1. The number of hydrogen-bond donors (Lipinski definition) is 2. The predicted molar refractivity (Wildman–Crippen MR) is 101 cm³/mol. The Balaban J connectivity index is 2.18. The van der Waals surface area contributed by atoms with Crippen LogP contribution in [0, 0.1) is 6.92 Å². The molecule has 1 saturated heterocycles. The molecular weight excluding hydrogens is 340 g/mol. The van der Waals surface area contributed by atoms with E-state index >= 15 is 0 Å². The third-order valence-electron chi connectivity index (χ3n) is 4.64. The fraction of sp³-hybridized carbons (Fsp3) is 0.647. The van der Waals surface area contributed by atoms with Crippen molar-refractivity contribution in [2.45, 2.75) is 52.4 Å². The van der Waals surface area contributed by atoms with Crippen molar-refractivity contribution < 1.29 is 4.74 Å². The summed E-state index contributed by atoms with van der Waals surface area (Å²) in [6.07, 6.45) is 1.00. The van der Waals surface area contributed by atoms with Crippen molar-refractivity contribution in [2.24, 2.45) is 5.73 Å². The number of nitrogens with zero attached hydrogens (tertiary/aromatic N) is 2. The van der Waals surface area contributed by atoms with E-state index in [0.29, 0.717) is 31.6 Å². The minimum atomic E-state index is -0.245. The van der Waals surface area contributed by atoms with Gasteiger partial charge in [0.25, 0.3) is 5.56 Å². The van der Waals surface area contributed by atoms with Gasteiger partial charge in [0, 0.05) is 37.2 Å². The molecule has 0 aromatic carbocycles. The van der Waals surface area contributed by atoms with Gasteiger partial charge in [0.1, 0.15) is 4.83 Å². The van der Waals surface area contributed by atoms with Gasteiger partial charge in [0.2, 0.25) is 0 Å². The molecule has 1 fully saturated rings. The highest BCUT2D eigenvalue weighted by atomic mass is 32.1. The molecular formula is C17H26N4O3S. The molecule has 2 aromatic rings. The Hall–Kier alpha value is -1.48. The second-order valence-electron chi connectivity index (χ2n) is 6.74. The van der Waals surface area contributed by atoms with Crippen molar-refractivity contribution >= 4 is 21.6 Å². The summed E-state index contributed by atoms with van der Waals surface area (Å²) in [5, 5.41) is 3.93. The highest BCUT2D eigenvalue weighted by Crippen LogP contribution is 2.29. The molecule has 1 aliphatic rings. The summed E-state index contributed by atoms with van der Waals surface area (Å²) in [7, 11) is 0. The zero-order valence-corrected chi connectivity index (χ0v) is 15.8. The van der Waals surface area contributed by atoms with Gasteiger partial charge in [0.05, 0.1) is 18.0 Å². The molecule has 0 spiro atoms. The average molecular weight is 366 g/mol. The molecule has 1 unspecified atom stereocenters. The number of aryl methyl sites for hydroxylation is 1. The first kappa shape index (κ1) is 18.3. The fourth-order valence-electron chi connectivity index (χ4n) is 3.13. The van der Waals surface area contributed by atoms with Crippen LogP contribution >= 0.6 is 11.3 Å². The summed E-state index contributed by atoms with van der Waals surface area (Å²) < 4.78 is 8.60. The van der Waals surface area contributed by atoms with Gasteiger partial charge in [-0.3, -0.25) is 13.9 Å². The van der Waals surface area contributed by atoms with Crippen molar-refractivity contribution in [3.63, 3.8) is 0 Å². The molecule has 0 saturated carbocycles. The molecule has 3 N–H and O–H groups in total. The SMILES string of the molecule is Cc1c(CNCCN)sc2c1c(=O)n(C(C)C)c(=O)n2CC1CCO1. The normalized spacial score (nSPS) is 17.4. The molecule has 0 amide bonds. The van der Waals surface area contributed by atoms with Crippen LogP contribution in [0.3, 0.4) is 0 Å². The lowest BCUT2D eigenvalue weighted by Gasteiger charge is -2.27. The molecule has 3 heterocycles. The van der Waals surface area contributed by atoms with Gasteiger partial charge in [-0.05, 0) is 32.8 Å². The molecule has 25 heavy (non-hydrogen) atoms. The number of thiophene rings is 1. The van der Waals surface area contributed by atoms with Crippen LogP contribution in [0.5, 0.6) is 0 Å². The number of hydrogen-bond acceptors (Lipinski definition) is 6. The summed E-state index contributed by atoms with van der Waals surface area (Å²) in [5.41, 5.74) is 6.04. The van der Waals surface area contributed by atoms with Crippen LogP contribution in [0.25, 0.3) is 10.2 Å². The molecule has 1 aliphatic heterocycles. The largest absolute Gasteiger partial charge is 0.376 e. The van der Waals surface area contributed by atoms with Crippen LogP contribution in [0.2, 0.25) is 0 Å². The number of nitrogens with two attached hydrogens (primary N) is 1. The standard InChI is InChI=1S/C17H26N4O3S/c1-10(2)21-15(22)14-11(3)13(8-19-6-5-18)25-16(14)20(17(21)23)9-12-4-7-24-12/h10,12,19H,4-9,18H2,1-3H3. The maximum absolute atomic E-state index is 13.0. The third-order valence-corrected chi connectivity index (χ3v) is 5.96. The lowest BCUT2D eigenvalue weighted by Crippen LogP contribution is -2.44. The molecule has 0 radical (unpaired) electrons. The van der Waals surface area contributed by atoms with Gasteiger partial charge >= 0.3 is 5.69 Å². The second-order valence-corrected chi connectivity index (χ2v) is 7.82. The Morgan fingerprint density at radius 1 is 1.40 bits per heavy atom. The summed E-state index contributed by atoms with van der Waals surface area (Å²) in [4.78, 5) is 27.7. The Labute approximate surface area is 150 Å². The lowest BCUT2D eigenvalue weighted by atomic mass is 10.1. The molecule has 138 valence electrons. The van der Waals surface area contributed by atoms with Crippen molar-refractivity contribution in [1.29, 1.82) is 0 Å². The van der Waals surface area contributed by atoms with E-state index in [0.717, 1.165) is 28.3 Å². The third kappa shape index (κ3) is 3.31. The van der Waals surface area contributed by atoms with Crippen molar-refractivity contribution in [2.75, 3.05) is 19.7 Å². The first-order valence-electron chi connectivity index (χ1n) is 8.75. The maximum Gasteiger partial charge on any atom is 0.332 e. The fourth-order valence-corrected chi connectivity index (χ4v) is 4.40. The summed E-state index contributed by atoms with van der Waals surface area (Å²) in [5.74, 6) is 0. The molecule has 0 aliphatic carbocycles. The Morgan fingerprint density at radius 2 is 2.12 bits per heavy atom. The highest BCUT2D eigenvalue weighted by Gasteiger charge is 2.25. The van der Waals surface area contributed by atoms with Crippen molar-refractivity contribution in [3.8, 4) is 0 Å². The van der Waals surface area contributed by atoms with E-state index in [1.807, 2.05) is 20.8 Å². The van der Waals surface area contributed by atoms with Gasteiger partial charge in [-0.2, -0.15) is 0 Å². The number of aromatic nitrogens is 2. The summed E-state index contributed by atoms with van der Waals surface area (Å²) in [6, 6.07) is -0.184. The zero-order chi connectivity index (χ0) is 18.1. The Morgan fingerprint density at radius 3 is 2.68 bits per heavy atom. The van der Waals surface area contributed by atoms with E-state index < -0.39 is 0 Å². The van der Waals surface area contributed by atoms with Gasteiger partial charge in [-0.25, -0.2) is 4.79 Å². The second kappa shape index (κ2) is 7.41. The number of nitrogens with one attached hydrogen (secondary N) is 1. The lowest BCUT2D eigenvalue weighted by molar-refractivity contribution is -0.0593. The average Bonchev–Trinajstić information content (AvgIpc) is 2.82. The zero-order valence-electron chi connectivity index (χ0n) is 15.0. The molecule has 3 rings (SSSR count). The van der Waals surface area contributed by atoms with Crippen LogP contribution < -0.4 is 22.3 Å². The number of rotatable bonds is 7. The topological polar surface area (TPSA) is 91.3 Å². The van der Waals surface area contributed by atoms with Gasteiger partial charge < -0.3 is 15.8 Å². The molecule has 8 heteroatoms.